The molecule has 1 saturated carbocycles. The summed E-state index contributed by atoms with van der Waals surface area (Å²) in [4.78, 5) is 12.7. The molecule has 0 radical (unpaired) electrons. The highest BCUT2D eigenvalue weighted by Gasteiger charge is 2.48. The van der Waals surface area contributed by atoms with Crippen LogP contribution in [0.3, 0.4) is 0 Å². The van der Waals surface area contributed by atoms with Crippen LogP contribution in [0.5, 0.6) is 11.5 Å². The number of carbonyl (C=O) groups excluding carboxylic acids is 1. The van der Waals surface area contributed by atoms with Crippen LogP contribution in [0.2, 0.25) is 0 Å². The number of hydrogen-bond donors (Lipinski definition) is 1. The zero-order valence-electron chi connectivity index (χ0n) is 17.2. The minimum absolute atomic E-state index is 0.00564. The molecule has 1 aliphatic carbocycles. The molecule has 6 nitrogen and oxygen atoms in total. The average molecular weight is 456 g/mol. The van der Waals surface area contributed by atoms with Crippen LogP contribution in [0, 0.1) is 5.82 Å². The maximum atomic E-state index is 13.0. The summed E-state index contributed by atoms with van der Waals surface area (Å²) in [5.41, 5.74) is -0.424. The lowest BCUT2D eigenvalue weighted by Crippen LogP contribution is -2.59. The molecule has 0 saturated heterocycles. The van der Waals surface area contributed by atoms with E-state index in [9.17, 15) is 17.6 Å². The average Bonchev–Trinajstić information content (AvgIpc) is 2.77. The minimum atomic E-state index is -3.96. The van der Waals surface area contributed by atoms with Crippen LogP contribution in [0.4, 0.5) is 4.39 Å². The number of hydrogen-bond acceptors (Lipinski definition) is 5. The van der Waals surface area contributed by atoms with Crippen LogP contribution in [0.1, 0.15) is 24.8 Å². The van der Waals surface area contributed by atoms with Gasteiger partial charge in [0.1, 0.15) is 29.5 Å². The number of ether oxygens (including phenoxy) is 2. The molecule has 0 spiro atoms. The fourth-order valence-electron chi connectivity index (χ4n) is 3.38. The lowest BCUT2D eigenvalue weighted by atomic mass is 9.78. The molecule has 3 aromatic carbocycles. The largest absolute Gasteiger partial charge is 0.459 e. The number of benzene rings is 3. The van der Waals surface area contributed by atoms with Gasteiger partial charge >= 0.3 is 5.97 Å². The van der Waals surface area contributed by atoms with E-state index in [-0.39, 0.29) is 17.3 Å². The van der Waals surface area contributed by atoms with Gasteiger partial charge in [0.15, 0.2) is 0 Å². The van der Waals surface area contributed by atoms with E-state index in [1.165, 1.54) is 48.5 Å². The van der Waals surface area contributed by atoms with Crippen molar-refractivity contribution in [3.63, 3.8) is 0 Å². The summed E-state index contributed by atoms with van der Waals surface area (Å²) in [7, 11) is -3.96. The third-order valence-electron chi connectivity index (χ3n) is 5.32. The van der Waals surface area contributed by atoms with Crippen molar-refractivity contribution in [2.75, 3.05) is 0 Å². The van der Waals surface area contributed by atoms with Crippen molar-refractivity contribution >= 4 is 16.0 Å². The standard InChI is InChI=1S/C24H22FNO5S/c25-19-7-9-20(10-8-19)31-21-11-13-22(14-12-21)32(28,29)26-24(15-4-16-24)23(27)30-17-18-5-2-1-3-6-18/h1-3,5-14,26H,4,15-17H2. The highest BCUT2D eigenvalue weighted by molar-refractivity contribution is 7.89. The van der Waals surface area contributed by atoms with Gasteiger partial charge in [-0.05, 0) is 73.4 Å². The molecule has 1 N–H and O–H groups in total. The molecule has 0 aromatic heterocycles. The summed E-state index contributed by atoms with van der Waals surface area (Å²) in [5, 5.41) is 0. The van der Waals surface area contributed by atoms with Crippen LogP contribution in [0.25, 0.3) is 0 Å². The second kappa shape index (κ2) is 9.10. The first-order valence-corrected chi connectivity index (χ1v) is 11.6. The van der Waals surface area contributed by atoms with Gasteiger partial charge in [-0.3, -0.25) is 4.79 Å². The second-order valence-corrected chi connectivity index (χ2v) is 9.31. The summed E-state index contributed by atoms with van der Waals surface area (Å²) in [6.45, 7) is 0.0819. The molecule has 0 unspecified atom stereocenters. The Labute approximate surface area is 186 Å². The summed E-state index contributed by atoms with van der Waals surface area (Å²) >= 11 is 0. The first kappa shape index (κ1) is 22.0. The number of halogens is 1. The van der Waals surface area contributed by atoms with Crippen LogP contribution >= 0.6 is 0 Å². The van der Waals surface area contributed by atoms with Crippen molar-refractivity contribution in [3.05, 3.63) is 90.2 Å². The molecule has 32 heavy (non-hydrogen) atoms. The van der Waals surface area contributed by atoms with E-state index in [4.69, 9.17) is 9.47 Å². The maximum Gasteiger partial charge on any atom is 0.327 e. The minimum Gasteiger partial charge on any atom is -0.459 e. The van der Waals surface area contributed by atoms with Gasteiger partial charge in [0.25, 0.3) is 0 Å². The number of nitrogens with one attached hydrogen (secondary N) is 1. The summed E-state index contributed by atoms with van der Waals surface area (Å²) in [6.07, 6.45) is 1.49. The SMILES string of the molecule is O=C(OCc1ccccc1)C1(NS(=O)(=O)c2ccc(Oc3ccc(F)cc3)cc2)CCC1. The Kier molecular flexibility index (Phi) is 6.25. The van der Waals surface area contributed by atoms with Gasteiger partial charge < -0.3 is 9.47 Å². The molecule has 0 aliphatic heterocycles. The molecular formula is C24H22FNO5S. The summed E-state index contributed by atoms with van der Waals surface area (Å²) in [6, 6.07) is 20.5. The lowest BCUT2D eigenvalue weighted by molar-refractivity contribution is -0.156. The monoisotopic (exact) mass is 455 g/mol. The quantitative estimate of drug-likeness (QED) is 0.504. The van der Waals surface area contributed by atoms with Gasteiger partial charge in [-0.1, -0.05) is 30.3 Å². The van der Waals surface area contributed by atoms with Gasteiger partial charge in [-0.25, -0.2) is 12.8 Å². The van der Waals surface area contributed by atoms with E-state index in [1.54, 1.807) is 0 Å². The van der Waals surface area contributed by atoms with Crippen molar-refractivity contribution < 1.29 is 27.1 Å². The Morgan fingerprint density at radius 3 is 2.06 bits per heavy atom. The molecule has 8 heteroatoms. The predicted octanol–water partition coefficient (Wildman–Crippen LogP) is 4.56. The van der Waals surface area contributed by atoms with E-state index < -0.39 is 21.5 Å². The molecule has 166 valence electrons. The molecule has 1 aliphatic rings. The summed E-state index contributed by atoms with van der Waals surface area (Å²) < 4.78 is 52.4. The second-order valence-electron chi connectivity index (χ2n) is 7.63. The Hall–Kier alpha value is -3.23. The number of carbonyl (C=O) groups is 1. The van der Waals surface area contributed by atoms with Crippen molar-refractivity contribution in [1.82, 2.24) is 4.72 Å². The molecule has 4 rings (SSSR count). The first-order chi connectivity index (χ1) is 15.4. The van der Waals surface area contributed by atoms with E-state index in [0.29, 0.717) is 24.3 Å². The summed E-state index contributed by atoms with van der Waals surface area (Å²) in [5.74, 6) is -0.129. The molecule has 0 heterocycles. The van der Waals surface area contributed by atoms with Gasteiger partial charge in [-0.2, -0.15) is 4.72 Å². The van der Waals surface area contributed by atoms with Crippen molar-refractivity contribution in [1.29, 1.82) is 0 Å². The number of rotatable bonds is 8. The Morgan fingerprint density at radius 2 is 1.50 bits per heavy atom. The highest BCUT2D eigenvalue weighted by Crippen LogP contribution is 2.35. The van der Waals surface area contributed by atoms with Crippen LogP contribution in [-0.2, 0) is 26.2 Å². The van der Waals surface area contributed by atoms with Gasteiger partial charge in [-0.15, -0.1) is 0 Å². The zero-order chi connectivity index (χ0) is 22.6. The van der Waals surface area contributed by atoms with Crippen molar-refractivity contribution in [3.8, 4) is 11.5 Å². The van der Waals surface area contributed by atoms with E-state index >= 15 is 0 Å². The third-order valence-corrected chi connectivity index (χ3v) is 6.88. The molecule has 0 amide bonds. The van der Waals surface area contributed by atoms with E-state index in [1.807, 2.05) is 30.3 Å². The topological polar surface area (TPSA) is 81.7 Å². The Morgan fingerprint density at radius 1 is 0.906 bits per heavy atom. The predicted molar refractivity (Wildman–Crippen MR) is 116 cm³/mol. The normalized spacial score (nSPS) is 14.9. The highest BCUT2D eigenvalue weighted by atomic mass is 32.2. The molecular weight excluding hydrogens is 433 g/mol. The van der Waals surface area contributed by atoms with Crippen molar-refractivity contribution in [2.24, 2.45) is 0 Å². The van der Waals surface area contributed by atoms with Crippen LogP contribution < -0.4 is 9.46 Å². The Bertz CT molecular complexity index is 1180. The lowest BCUT2D eigenvalue weighted by Gasteiger charge is -2.39. The molecule has 3 aromatic rings. The van der Waals surface area contributed by atoms with Crippen LogP contribution in [0.15, 0.2) is 83.8 Å². The number of esters is 1. The van der Waals surface area contributed by atoms with Crippen molar-refractivity contribution in [2.45, 2.75) is 36.3 Å². The maximum absolute atomic E-state index is 13.0. The van der Waals surface area contributed by atoms with Gasteiger partial charge in [0, 0.05) is 0 Å². The molecule has 0 atom stereocenters. The number of sulfonamides is 1. The Balaban J connectivity index is 1.42. The van der Waals surface area contributed by atoms with Gasteiger partial charge in [0.2, 0.25) is 10.0 Å². The van der Waals surface area contributed by atoms with E-state index in [2.05, 4.69) is 4.72 Å². The zero-order valence-corrected chi connectivity index (χ0v) is 18.0. The smallest absolute Gasteiger partial charge is 0.327 e. The first-order valence-electron chi connectivity index (χ1n) is 10.1. The van der Waals surface area contributed by atoms with E-state index in [0.717, 1.165) is 12.0 Å². The van der Waals surface area contributed by atoms with Gasteiger partial charge in [0.05, 0.1) is 4.90 Å². The van der Waals surface area contributed by atoms with Crippen LogP contribution in [-0.4, -0.2) is 19.9 Å². The third kappa shape index (κ3) is 4.98. The fourth-order valence-corrected chi connectivity index (χ4v) is 4.80. The fraction of sp³-hybridized carbons (Fsp3) is 0.208. The molecule has 0 bridgehead atoms. The molecule has 1 fully saturated rings.